The number of fused-ring (bicyclic) bond motifs is 1. The fraction of sp³-hybridized carbons (Fsp3) is 0.722. The van der Waals surface area contributed by atoms with E-state index < -0.39 is 82.8 Å². The Hall–Kier alpha value is -4.34. The summed E-state index contributed by atoms with van der Waals surface area (Å²) >= 11 is 0. The SMILES string of the molecule is CC(C)(C)OC(=O)N(Cc1cn(C(=O)OC(C)(C)C)c2c1C(OC(C)(C)C)N=C(N(C(=O)OC(C)(C)C)C(=O)OC(C)(C)C)N2)C(=O)OC(C)(C)C. The van der Waals surface area contributed by atoms with Crippen LogP contribution in [0.4, 0.5) is 29.8 Å². The molecule has 1 N–H and O–H groups in total. The lowest BCUT2D eigenvalue weighted by molar-refractivity contribution is -0.0587. The second kappa shape index (κ2) is 15.0. The predicted molar refractivity (Wildman–Crippen MR) is 193 cm³/mol. The van der Waals surface area contributed by atoms with Gasteiger partial charge in [-0.25, -0.2) is 38.4 Å². The zero-order valence-electron chi connectivity index (χ0n) is 34.1. The highest BCUT2D eigenvalue weighted by Gasteiger charge is 2.43. The maximum Gasteiger partial charge on any atom is 0.427 e. The summed E-state index contributed by atoms with van der Waals surface area (Å²) in [5.74, 6) is -0.426. The molecule has 1 unspecified atom stereocenters. The molecule has 0 spiro atoms. The molecule has 2 heterocycles. The summed E-state index contributed by atoms with van der Waals surface area (Å²) in [6, 6.07) is 0. The molecule has 294 valence electrons. The van der Waals surface area contributed by atoms with Crippen molar-refractivity contribution < 1.29 is 52.4 Å². The molecule has 0 fully saturated rings. The van der Waals surface area contributed by atoms with Crippen molar-refractivity contribution in [3.8, 4) is 0 Å². The number of ether oxygens (including phenoxy) is 6. The molecule has 1 aliphatic heterocycles. The fourth-order valence-electron chi connectivity index (χ4n) is 4.27. The van der Waals surface area contributed by atoms with Crippen molar-refractivity contribution in [1.29, 1.82) is 0 Å². The second-order valence-electron chi connectivity index (χ2n) is 18.3. The third-order valence-corrected chi connectivity index (χ3v) is 5.82. The fourth-order valence-corrected chi connectivity index (χ4v) is 4.27. The molecule has 2 rings (SSSR count). The van der Waals surface area contributed by atoms with Crippen molar-refractivity contribution >= 4 is 42.2 Å². The molecule has 0 saturated heterocycles. The number of nitrogens with zero attached hydrogens (tertiary/aromatic N) is 4. The number of aromatic nitrogens is 1. The number of anilines is 1. The van der Waals surface area contributed by atoms with E-state index in [4.69, 9.17) is 28.4 Å². The highest BCUT2D eigenvalue weighted by atomic mass is 16.6. The minimum atomic E-state index is -1.34. The van der Waals surface area contributed by atoms with Gasteiger partial charge in [0.05, 0.1) is 17.7 Å². The van der Waals surface area contributed by atoms with Gasteiger partial charge in [-0.15, -0.1) is 4.90 Å². The molecular weight excluding hydrogens is 678 g/mol. The Morgan fingerprint density at radius 3 is 1.37 bits per heavy atom. The lowest BCUT2D eigenvalue weighted by atomic mass is 10.1. The highest BCUT2D eigenvalue weighted by Crippen LogP contribution is 2.40. The summed E-state index contributed by atoms with van der Waals surface area (Å²) in [5.41, 5.74) is -5.50. The minimum absolute atomic E-state index is 0.0334. The standard InChI is InChI=1S/C36H59N5O11/c1-31(2,3)47-24-22-21(20-40(27(43)49-33(7,8)9)28(44)50-34(10,11)12)19-39(26(42)48-32(4,5)6)23(22)37-25(38-24)41(29(45)51-35(13,14)15)30(46)52-36(16,17)18/h19,24H,20H2,1-18H3,(H,37,38). The third kappa shape index (κ3) is 13.7. The van der Waals surface area contributed by atoms with Gasteiger partial charge in [-0.1, -0.05) is 0 Å². The molecule has 1 atom stereocenters. The van der Waals surface area contributed by atoms with Gasteiger partial charge in [0.2, 0.25) is 5.96 Å². The number of rotatable bonds is 3. The molecule has 16 nitrogen and oxygen atoms in total. The number of imide groups is 2. The average molecular weight is 738 g/mol. The van der Waals surface area contributed by atoms with Crippen LogP contribution in [0.2, 0.25) is 0 Å². The predicted octanol–water partition coefficient (Wildman–Crippen LogP) is 8.71. The van der Waals surface area contributed by atoms with E-state index in [0.29, 0.717) is 4.90 Å². The van der Waals surface area contributed by atoms with Crippen molar-refractivity contribution in [3.63, 3.8) is 0 Å². The first-order chi connectivity index (χ1) is 23.1. The van der Waals surface area contributed by atoms with Crippen LogP contribution in [0.1, 0.15) is 142 Å². The molecule has 52 heavy (non-hydrogen) atoms. The summed E-state index contributed by atoms with van der Waals surface area (Å²) in [4.78, 5) is 74.2. The first-order valence-corrected chi connectivity index (χ1v) is 17.1. The van der Waals surface area contributed by atoms with Gasteiger partial charge in [0.1, 0.15) is 33.8 Å². The first-order valence-electron chi connectivity index (χ1n) is 17.1. The van der Waals surface area contributed by atoms with Crippen LogP contribution in [0.3, 0.4) is 0 Å². The Balaban J connectivity index is 2.97. The van der Waals surface area contributed by atoms with Crippen molar-refractivity contribution in [1.82, 2.24) is 14.4 Å². The number of hydrogen-bond donors (Lipinski definition) is 1. The Bertz CT molecular complexity index is 1500. The van der Waals surface area contributed by atoms with Gasteiger partial charge in [-0.05, 0) is 125 Å². The van der Waals surface area contributed by atoms with Crippen molar-refractivity contribution in [2.75, 3.05) is 5.32 Å². The van der Waals surface area contributed by atoms with E-state index in [2.05, 4.69) is 10.3 Å². The maximum absolute atomic E-state index is 13.8. The zero-order chi connectivity index (χ0) is 40.6. The number of aliphatic imine (C=N–C) groups is 1. The normalized spacial score (nSPS) is 15.3. The molecule has 0 saturated carbocycles. The smallest absolute Gasteiger partial charge is 0.427 e. The average Bonchev–Trinajstić information content (AvgIpc) is 3.19. The third-order valence-electron chi connectivity index (χ3n) is 5.82. The molecule has 0 radical (unpaired) electrons. The maximum atomic E-state index is 13.8. The summed E-state index contributed by atoms with van der Waals surface area (Å²) in [5, 5.41) is 2.92. The van der Waals surface area contributed by atoms with E-state index in [9.17, 15) is 24.0 Å². The van der Waals surface area contributed by atoms with E-state index >= 15 is 0 Å². The number of guanidine groups is 1. The monoisotopic (exact) mass is 737 g/mol. The first kappa shape index (κ1) is 43.8. The van der Waals surface area contributed by atoms with Gasteiger partial charge in [0, 0.05) is 11.8 Å². The molecule has 0 aliphatic carbocycles. The summed E-state index contributed by atoms with van der Waals surface area (Å²) in [6.07, 6.45) is -5.14. The Kier molecular flexibility index (Phi) is 12.6. The van der Waals surface area contributed by atoms with Gasteiger partial charge in [-0.3, -0.25) is 0 Å². The number of amides is 4. The molecule has 1 aliphatic rings. The van der Waals surface area contributed by atoms with Crippen molar-refractivity contribution in [2.24, 2.45) is 4.99 Å². The number of carbonyl (C=O) groups excluding carboxylic acids is 5. The van der Waals surface area contributed by atoms with E-state index in [-0.39, 0.29) is 16.9 Å². The Labute approximate surface area is 307 Å². The van der Waals surface area contributed by atoms with Crippen LogP contribution in [0.15, 0.2) is 11.2 Å². The topological polar surface area (TPSA) is 177 Å². The van der Waals surface area contributed by atoms with E-state index in [1.165, 1.54) is 6.20 Å². The molecule has 1 aromatic heterocycles. The summed E-state index contributed by atoms with van der Waals surface area (Å²) in [7, 11) is 0. The summed E-state index contributed by atoms with van der Waals surface area (Å²) in [6.45, 7) is 29.4. The Morgan fingerprint density at radius 1 is 0.615 bits per heavy atom. The zero-order valence-corrected chi connectivity index (χ0v) is 34.1. The highest BCUT2D eigenvalue weighted by molar-refractivity contribution is 6.14. The van der Waals surface area contributed by atoms with E-state index in [1.807, 2.05) is 0 Å². The molecular formula is C36H59N5O11. The van der Waals surface area contributed by atoms with E-state index in [0.717, 1.165) is 9.47 Å². The van der Waals surface area contributed by atoms with Gasteiger partial charge >= 0.3 is 30.5 Å². The number of hydrogen-bond acceptors (Lipinski definition) is 13. The Morgan fingerprint density at radius 2 is 1.00 bits per heavy atom. The molecule has 4 amide bonds. The van der Waals surface area contributed by atoms with Crippen LogP contribution in [0.25, 0.3) is 0 Å². The lowest BCUT2D eigenvalue weighted by Gasteiger charge is -2.34. The molecule has 16 heteroatoms. The van der Waals surface area contributed by atoms with Crippen LogP contribution in [-0.4, -0.2) is 84.4 Å². The van der Waals surface area contributed by atoms with Crippen LogP contribution >= 0.6 is 0 Å². The molecule has 1 aromatic rings. The van der Waals surface area contributed by atoms with Crippen LogP contribution < -0.4 is 5.32 Å². The van der Waals surface area contributed by atoms with Gasteiger partial charge < -0.3 is 33.7 Å². The van der Waals surface area contributed by atoms with Crippen molar-refractivity contribution in [2.45, 2.75) is 171 Å². The van der Waals surface area contributed by atoms with Gasteiger partial charge in [0.25, 0.3) is 0 Å². The van der Waals surface area contributed by atoms with Crippen LogP contribution in [-0.2, 0) is 35.0 Å². The van der Waals surface area contributed by atoms with E-state index in [1.54, 1.807) is 125 Å². The van der Waals surface area contributed by atoms with Gasteiger partial charge in [0.15, 0.2) is 6.23 Å². The second-order valence-corrected chi connectivity index (χ2v) is 18.3. The summed E-state index contributed by atoms with van der Waals surface area (Å²) < 4.78 is 35.4. The number of nitrogens with one attached hydrogen (secondary N) is 1. The van der Waals surface area contributed by atoms with Crippen LogP contribution in [0.5, 0.6) is 0 Å². The molecule has 0 bridgehead atoms. The lowest BCUT2D eigenvalue weighted by Crippen LogP contribution is -2.50. The van der Waals surface area contributed by atoms with Gasteiger partial charge in [-0.2, -0.15) is 0 Å². The van der Waals surface area contributed by atoms with Crippen molar-refractivity contribution in [3.05, 3.63) is 17.3 Å². The number of carbonyl (C=O) groups is 5. The van der Waals surface area contributed by atoms with Crippen LogP contribution in [0, 0.1) is 0 Å². The largest absolute Gasteiger partial charge is 0.443 e. The quantitative estimate of drug-likeness (QED) is 0.292. The molecule has 0 aromatic carbocycles. The minimum Gasteiger partial charge on any atom is -0.443 e.